The fourth-order valence-corrected chi connectivity index (χ4v) is 2.92. The van der Waals surface area contributed by atoms with Gasteiger partial charge in [0.2, 0.25) is 0 Å². The number of methoxy groups -OCH3 is 1. The number of nitrogens with one attached hydrogen (secondary N) is 2. The van der Waals surface area contributed by atoms with E-state index in [4.69, 9.17) is 9.47 Å². The molecule has 3 aromatic carbocycles. The summed E-state index contributed by atoms with van der Waals surface area (Å²) in [6, 6.07) is 23.9. The summed E-state index contributed by atoms with van der Waals surface area (Å²) in [4.78, 5) is 24.9. The number of anilines is 1. The van der Waals surface area contributed by atoms with Crippen LogP contribution in [0.2, 0.25) is 0 Å². The van der Waals surface area contributed by atoms with E-state index in [2.05, 4.69) is 10.6 Å². The lowest BCUT2D eigenvalue weighted by Crippen LogP contribution is -2.28. The first-order valence-electron chi connectivity index (χ1n) is 9.64. The minimum Gasteiger partial charge on any atom is -0.493 e. The van der Waals surface area contributed by atoms with Crippen LogP contribution in [-0.4, -0.2) is 32.1 Å². The van der Waals surface area contributed by atoms with Crippen LogP contribution in [-0.2, 0) is 11.2 Å². The highest BCUT2D eigenvalue weighted by Gasteiger charge is 2.14. The van der Waals surface area contributed by atoms with Gasteiger partial charge in [0.1, 0.15) is 0 Å². The summed E-state index contributed by atoms with van der Waals surface area (Å²) in [6.45, 7) is 0.298. The molecule has 0 aliphatic heterocycles. The third-order valence-electron chi connectivity index (χ3n) is 4.42. The van der Waals surface area contributed by atoms with E-state index in [1.165, 1.54) is 7.11 Å². The van der Waals surface area contributed by atoms with Gasteiger partial charge in [0.15, 0.2) is 18.1 Å². The van der Waals surface area contributed by atoms with Gasteiger partial charge in [-0.15, -0.1) is 0 Å². The topological polar surface area (TPSA) is 76.7 Å². The molecule has 3 aromatic rings. The van der Waals surface area contributed by atoms with Crippen LogP contribution >= 0.6 is 0 Å². The molecule has 0 bridgehead atoms. The second-order valence-electron chi connectivity index (χ2n) is 6.52. The lowest BCUT2D eigenvalue weighted by atomic mass is 10.1. The summed E-state index contributed by atoms with van der Waals surface area (Å²) in [5, 5.41) is 5.64. The summed E-state index contributed by atoms with van der Waals surface area (Å²) >= 11 is 0. The van der Waals surface area contributed by atoms with Crippen LogP contribution in [0.4, 0.5) is 5.69 Å². The Kier molecular flexibility index (Phi) is 7.44. The molecular weight excluding hydrogens is 380 g/mol. The van der Waals surface area contributed by atoms with Crippen molar-refractivity contribution in [3.8, 4) is 11.5 Å². The van der Waals surface area contributed by atoms with Crippen LogP contribution < -0.4 is 20.1 Å². The monoisotopic (exact) mass is 404 g/mol. The predicted molar refractivity (Wildman–Crippen MR) is 116 cm³/mol. The molecule has 6 heteroatoms. The average molecular weight is 404 g/mol. The maximum absolute atomic E-state index is 12.6. The van der Waals surface area contributed by atoms with Crippen LogP contribution in [0.15, 0.2) is 78.9 Å². The third-order valence-corrected chi connectivity index (χ3v) is 4.42. The number of hydrogen-bond acceptors (Lipinski definition) is 4. The number of benzene rings is 3. The zero-order valence-electron chi connectivity index (χ0n) is 16.8. The molecule has 154 valence electrons. The summed E-state index contributed by atoms with van der Waals surface area (Å²) in [5.74, 6) is 0.406. The Bertz CT molecular complexity index is 989. The molecule has 0 saturated carbocycles. The van der Waals surface area contributed by atoms with Crippen molar-refractivity contribution in [3.05, 3.63) is 90.0 Å². The Hall–Kier alpha value is -3.80. The smallest absolute Gasteiger partial charge is 0.262 e. The van der Waals surface area contributed by atoms with Gasteiger partial charge in [0, 0.05) is 6.54 Å². The van der Waals surface area contributed by atoms with Crippen molar-refractivity contribution in [1.82, 2.24) is 5.32 Å². The first-order valence-corrected chi connectivity index (χ1v) is 9.64. The quantitative estimate of drug-likeness (QED) is 0.570. The van der Waals surface area contributed by atoms with Crippen molar-refractivity contribution >= 4 is 17.5 Å². The molecule has 0 radical (unpaired) electrons. The van der Waals surface area contributed by atoms with Crippen LogP contribution in [0.3, 0.4) is 0 Å². The summed E-state index contributed by atoms with van der Waals surface area (Å²) in [7, 11) is 1.54. The molecule has 3 rings (SSSR count). The highest BCUT2D eigenvalue weighted by molar-refractivity contribution is 6.04. The predicted octanol–water partition coefficient (Wildman–Crippen LogP) is 3.69. The van der Waals surface area contributed by atoms with Gasteiger partial charge in [-0.05, 0) is 36.2 Å². The van der Waals surface area contributed by atoms with Crippen molar-refractivity contribution in [1.29, 1.82) is 0 Å². The fraction of sp³-hybridized carbons (Fsp3) is 0.167. The number of para-hydroxylation sites is 3. The molecule has 0 fully saturated rings. The van der Waals surface area contributed by atoms with E-state index in [0.29, 0.717) is 29.3 Å². The van der Waals surface area contributed by atoms with E-state index in [1.807, 2.05) is 36.4 Å². The minimum atomic E-state index is -0.370. The number of amides is 2. The van der Waals surface area contributed by atoms with Crippen LogP contribution in [0.25, 0.3) is 0 Å². The molecule has 0 aliphatic carbocycles. The van der Waals surface area contributed by atoms with Crippen molar-refractivity contribution in [2.45, 2.75) is 6.42 Å². The molecular formula is C24H24N2O4. The summed E-state index contributed by atoms with van der Waals surface area (Å²) in [6.07, 6.45) is 0.730. The van der Waals surface area contributed by atoms with Gasteiger partial charge in [-0.1, -0.05) is 54.6 Å². The Morgan fingerprint density at radius 3 is 2.27 bits per heavy atom. The normalized spacial score (nSPS) is 10.2. The van der Waals surface area contributed by atoms with Crippen molar-refractivity contribution < 1.29 is 19.1 Å². The second-order valence-corrected chi connectivity index (χ2v) is 6.52. The lowest BCUT2D eigenvalue weighted by Gasteiger charge is -2.13. The molecule has 6 nitrogen and oxygen atoms in total. The minimum absolute atomic E-state index is 0.204. The van der Waals surface area contributed by atoms with E-state index in [1.54, 1.807) is 42.5 Å². The van der Waals surface area contributed by atoms with Gasteiger partial charge in [0.25, 0.3) is 11.8 Å². The lowest BCUT2D eigenvalue weighted by molar-refractivity contribution is -0.118. The molecule has 0 aromatic heterocycles. The Labute approximate surface area is 175 Å². The van der Waals surface area contributed by atoms with E-state index >= 15 is 0 Å². The first-order chi connectivity index (χ1) is 14.7. The SMILES string of the molecule is COc1ccccc1OCC(=O)Nc1ccccc1C(=O)NCCc1ccccc1. The van der Waals surface area contributed by atoms with Gasteiger partial charge in [-0.2, -0.15) is 0 Å². The zero-order chi connectivity index (χ0) is 21.2. The van der Waals surface area contributed by atoms with Gasteiger partial charge in [-0.3, -0.25) is 9.59 Å². The van der Waals surface area contributed by atoms with Gasteiger partial charge < -0.3 is 20.1 Å². The number of hydrogen-bond donors (Lipinski definition) is 2. The maximum Gasteiger partial charge on any atom is 0.262 e. The van der Waals surface area contributed by atoms with Crippen molar-refractivity contribution in [2.24, 2.45) is 0 Å². The number of carbonyl (C=O) groups excluding carboxylic acids is 2. The molecule has 0 saturated heterocycles. The summed E-state index contributed by atoms with van der Waals surface area (Å²) in [5.41, 5.74) is 1.98. The Balaban J connectivity index is 1.56. The Morgan fingerprint density at radius 2 is 1.50 bits per heavy atom. The van der Waals surface area contributed by atoms with Crippen LogP contribution in [0.1, 0.15) is 15.9 Å². The molecule has 30 heavy (non-hydrogen) atoms. The molecule has 2 amide bonds. The number of rotatable bonds is 9. The molecule has 0 heterocycles. The van der Waals surface area contributed by atoms with Crippen LogP contribution in [0, 0.1) is 0 Å². The van der Waals surface area contributed by atoms with Gasteiger partial charge in [0.05, 0.1) is 18.4 Å². The van der Waals surface area contributed by atoms with Gasteiger partial charge >= 0.3 is 0 Å². The van der Waals surface area contributed by atoms with Crippen molar-refractivity contribution in [2.75, 3.05) is 25.6 Å². The van der Waals surface area contributed by atoms with Crippen LogP contribution in [0.5, 0.6) is 11.5 Å². The average Bonchev–Trinajstić information content (AvgIpc) is 2.79. The molecule has 0 unspecified atom stereocenters. The van der Waals surface area contributed by atoms with E-state index in [-0.39, 0.29) is 18.4 Å². The molecule has 0 atom stereocenters. The van der Waals surface area contributed by atoms with E-state index < -0.39 is 0 Å². The van der Waals surface area contributed by atoms with E-state index in [9.17, 15) is 9.59 Å². The molecule has 0 spiro atoms. The fourth-order valence-electron chi connectivity index (χ4n) is 2.92. The third kappa shape index (κ3) is 5.85. The molecule has 2 N–H and O–H groups in total. The maximum atomic E-state index is 12.6. The standard InChI is InChI=1S/C24H24N2O4/c1-29-21-13-7-8-14-22(21)30-17-23(27)26-20-12-6-5-11-19(20)24(28)25-16-15-18-9-3-2-4-10-18/h2-14H,15-17H2,1H3,(H,25,28)(H,26,27). The largest absolute Gasteiger partial charge is 0.493 e. The Morgan fingerprint density at radius 1 is 0.833 bits per heavy atom. The highest BCUT2D eigenvalue weighted by atomic mass is 16.5. The second kappa shape index (κ2) is 10.7. The molecule has 0 aliphatic rings. The van der Waals surface area contributed by atoms with Crippen molar-refractivity contribution in [3.63, 3.8) is 0 Å². The van der Waals surface area contributed by atoms with E-state index in [0.717, 1.165) is 12.0 Å². The van der Waals surface area contributed by atoms with Gasteiger partial charge in [-0.25, -0.2) is 0 Å². The number of carbonyl (C=O) groups is 2. The first kappa shape index (κ1) is 20.9. The highest BCUT2D eigenvalue weighted by Crippen LogP contribution is 2.25. The zero-order valence-corrected chi connectivity index (χ0v) is 16.8. The summed E-state index contributed by atoms with van der Waals surface area (Å²) < 4.78 is 10.7. The number of ether oxygens (including phenoxy) is 2.